The van der Waals surface area contributed by atoms with Crippen molar-refractivity contribution in [3.05, 3.63) is 22.7 Å². The maximum atomic E-state index is 13.2. The molecule has 1 fully saturated rings. The molecule has 182 valence electrons. The SMILES string of the molecule is CCOC(=O)CC(=Nc1ccn(C2CC(OC(C)=O)C(COC(C)=O)O2)c(=O)n1)C(F)(F)F. The molecule has 0 spiro atoms. The first-order valence-electron chi connectivity index (χ1n) is 9.76. The number of aromatic nitrogens is 2. The van der Waals surface area contributed by atoms with Gasteiger partial charge >= 0.3 is 29.8 Å². The van der Waals surface area contributed by atoms with E-state index in [0.717, 1.165) is 16.8 Å². The molecule has 1 aromatic rings. The Hall–Kier alpha value is -3.29. The third-order valence-corrected chi connectivity index (χ3v) is 4.27. The molecule has 0 N–H and O–H groups in total. The van der Waals surface area contributed by atoms with Crippen LogP contribution in [0.15, 0.2) is 22.1 Å². The first-order chi connectivity index (χ1) is 15.4. The zero-order valence-corrected chi connectivity index (χ0v) is 18.0. The van der Waals surface area contributed by atoms with Crippen LogP contribution in [0, 0.1) is 0 Å². The van der Waals surface area contributed by atoms with Crippen molar-refractivity contribution in [2.75, 3.05) is 13.2 Å². The van der Waals surface area contributed by atoms with E-state index in [1.54, 1.807) is 0 Å². The summed E-state index contributed by atoms with van der Waals surface area (Å²) in [5.41, 5.74) is -2.47. The monoisotopic (exact) mass is 477 g/mol. The standard InChI is InChI=1S/C19H22F3N3O8/c1-4-30-17(28)8-14(19(20,21)22)23-15-5-6-25(18(29)24-15)16-7-12(32-11(3)27)13(33-16)9-31-10(2)26/h5-6,12-13,16H,4,7-9H2,1-3H3. The Morgan fingerprint density at radius 2 is 1.94 bits per heavy atom. The second-order valence-electron chi connectivity index (χ2n) is 6.83. The molecule has 2 rings (SSSR count). The number of hydrogen-bond donors (Lipinski definition) is 0. The first-order valence-corrected chi connectivity index (χ1v) is 9.76. The van der Waals surface area contributed by atoms with Gasteiger partial charge in [0.15, 0.2) is 5.82 Å². The molecule has 0 bridgehead atoms. The van der Waals surface area contributed by atoms with E-state index in [9.17, 15) is 32.3 Å². The highest BCUT2D eigenvalue weighted by molar-refractivity contribution is 6.03. The molecule has 1 aliphatic heterocycles. The quantitative estimate of drug-likeness (QED) is 0.311. The molecule has 0 saturated carbocycles. The molecule has 3 atom stereocenters. The number of esters is 3. The average Bonchev–Trinajstić information content (AvgIpc) is 3.07. The maximum Gasteiger partial charge on any atom is 0.430 e. The Morgan fingerprint density at radius 1 is 1.24 bits per heavy atom. The minimum atomic E-state index is -4.95. The van der Waals surface area contributed by atoms with Gasteiger partial charge in [-0.1, -0.05) is 0 Å². The van der Waals surface area contributed by atoms with Crippen LogP contribution in [0.3, 0.4) is 0 Å². The van der Waals surface area contributed by atoms with E-state index in [4.69, 9.17) is 14.2 Å². The predicted octanol–water partition coefficient (Wildman–Crippen LogP) is 1.61. The van der Waals surface area contributed by atoms with Gasteiger partial charge in [-0.3, -0.25) is 19.0 Å². The predicted molar refractivity (Wildman–Crippen MR) is 104 cm³/mol. The molecule has 2 heterocycles. The minimum absolute atomic E-state index is 0.00632. The number of nitrogens with zero attached hydrogens (tertiary/aromatic N) is 3. The number of ether oxygens (including phenoxy) is 4. The van der Waals surface area contributed by atoms with Crippen molar-refractivity contribution in [1.82, 2.24) is 9.55 Å². The lowest BCUT2D eigenvalue weighted by molar-refractivity contribution is -0.155. The van der Waals surface area contributed by atoms with Crippen LogP contribution in [0.2, 0.25) is 0 Å². The normalized spacial score (nSPS) is 20.9. The third-order valence-electron chi connectivity index (χ3n) is 4.27. The van der Waals surface area contributed by atoms with Crippen molar-refractivity contribution in [3.63, 3.8) is 0 Å². The van der Waals surface area contributed by atoms with E-state index in [1.807, 2.05) is 0 Å². The van der Waals surface area contributed by atoms with Gasteiger partial charge in [0.1, 0.15) is 30.8 Å². The number of hydrogen-bond acceptors (Lipinski definition) is 10. The Labute approximate surface area is 185 Å². The summed E-state index contributed by atoms with van der Waals surface area (Å²) in [5, 5.41) is 0. The third kappa shape index (κ3) is 7.66. The zero-order chi connectivity index (χ0) is 24.8. The van der Waals surface area contributed by atoms with E-state index in [1.165, 1.54) is 20.8 Å². The van der Waals surface area contributed by atoms with Crippen LogP contribution < -0.4 is 5.69 Å². The van der Waals surface area contributed by atoms with Gasteiger partial charge in [0, 0.05) is 26.5 Å². The van der Waals surface area contributed by atoms with Gasteiger partial charge in [0.05, 0.1) is 13.0 Å². The van der Waals surface area contributed by atoms with E-state index in [0.29, 0.717) is 0 Å². The number of alkyl halides is 3. The van der Waals surface area contributed by atoms with Gasteiger partial charge < -0.3 is 18.9 Å². The van der Waals surface area contributed by atoms with Crippen LogP contribution in [0.4, 0.5) is 19.0 Å². The molecule has 14 heteroatoms. The van der Waals surface area contributed by atoms with E-state index in [2.05, 4.69) is 14.7 Å². The fourth-order valence-electron chi connectivity index (χ4n) is 2.93. The number of carbonyl (C=O) groups excluding carboxylic acids is 3. The van der Waals surface area contributed by atoms with Crippen molar-refractivity contribution in [2.45, 2.75) is 58.2 Å². The van der Waals surface area contributed by atoms with Gasteiger partial charge in [-0.05, 0) is 13.0 Å². The molecule has 0 radical (unpaired) electrons. The molecular weight excluding hydrogens is 455 g/mol. The second-order valence-corrected chi connectivity index (χ2v) is 6.83. The molecule has 33 heavy (non-hydrogen) atoms. The molecule has 0 amide bonds. The highest BCUT2D eigenvalue weighted by Gasteiger charge is 2.40. The van der Waals surface area contributed by atoms with E-state index in [-0.39, 0.29) is 19.6 Å². The van der Waals surface area contributed by atoms with Gasteiger partial charge in [0.25, 0.3) is 0 Å². The molecule has 3 unspecified atom stereocenters. The second kappa shape index (κ2) is 11.0. The highest BCUT2D eigenvalue weighted by Crippen LogP contribution is 2.30. The number of halogens is 3. The summed E-state index contributed by atoms with van der Waals surface area (Å²) in [7, 11) is 0. The molecule has 1 aromatic heterocycles. The van der Waals surface area contributed by atoms with Crippen LogP contribution in [0.1, 0.15) is 39.8 Å². The summed E-state index contributed by atoms with van der Waals surface area (Å²) in [6, 6.07) is 1.03. The summed E-state index contributed by atoms with van der Waals surface area (Å²) in [5.74, 6) is -2.91. The summed E-state index contributed by atoms with van der Waals surface area (Å²) in [4.78, 5) is 53.1. The van der Waals surface area contributed by atoms with Crippen LogP contribution in [-0.2, 0) is 33.3 Å². The lowest BCUT2D eigenvalue weighted by Crippen LogP contribution is -2.31. The van der Waals surface area contributed by atoms with Crippen molar-refractivity contribution in [1.29, 1.82) is 0 Å². The van der Waals surface area contributed by atoms with Crippen molar-refractivity contribution < 1.29 is 46.5 Å². The number of aliphatic imine (C=N–C) groups is 1. The van der Waals surface area contributed by atoms with E-state index < -0.39 is 66.2 Å². The molecular formula is C19H22F3N3O8. The van der Waals surface area contributed by atoms with Crippen molar-refractivity contribution in [3.8, 4) is 0 Å². The minimum Gasteiger partial charge on any atom is -0.466 e. The summed E-state index contributed by atoms with van der Waals surface area (Å²) in [6.07, 6.45) is -7.67. The van der Waals surface area contributed by atoms with Gasteiger partial charge in [-0.15, -0.1) is 0 Å². The zero-order valence-electron chi connectivity index (χ0n) is 18.0. The molecule has 1 aliphatic rings. The van der Waals surface area contributed by atoms with E-state index >= 15 is 0 Å². The Balaban J connectivity index is 2.25. The largest absolute Gasteiger partial charge is 0.466 e. The molecule has 1 saturated heterocycles. The lowest BCUT2D eigenvalue weighted by Gasteiger charge is -2.17. The van der Waals surface area contributed by atoms with Gasteiger partial charge in [0.2, 0.25) is 0 Å². The smallest absolute Gasteiger partial charge is 0.430 e. The summed E-state index contributed by atoms with van der Waals surface area (Å²) >= 11 is 0. The molecule has 0 aromatic carbocycles. The molecule has 0 aliphatic carbocycles. The van der Waals surface area contributed by atoms with Crippen LogP contribution in [0.5, 0.6) is 0 Å². The van der Waals surface area contributed by atoms with Crippen molar-refractivity contribution in [2.24, 2.45) is 4.99 Å². The van der Waals surface area contributed by atoms with Gasteiger partial charge in [-0.25, -0.2) is 9.79 Å². The fourth-order valence-corrected chi connectivity index (χ4v) is 2.93. The number of rotatable bonds is 8. The fraction of sp³-hybridized carbons (Fsp3) is 0.579. The Kier molecular flexibility index (Phi) is 8.68. The van der Waals surface area contributed by atoms with Gasteiger partial charge in [-0.2, -0.15) is 18.2 Å². The van der Waals surface area contributed by atoms with Crippen LogP contribution in [-0.4, -0.2) is 64.8 Å². The Morgan fingerprint density at radius 3 is 2.48 bits per heavy atom. The van der Waals surface area contributed by atoms with Crippen LogP contribution in [0.25, 0.3) is 0 Å². The summed E-state index contributed by atoms with van der Waals surface area (Å²) in [6.45, 7) is 3.45. The summed E-state index contributed by atoms with van der Waals surface area (Å²) < 4.78 is 60.7. The maximum absolute atomic E-state index is 13.2. The van der Waals surface area contributed by atoms with Crippen molar-refractivity contribution >= 4 is 29.4 Å². The highest BCUT2D eigenvalue weighted by atomic mass is 19.4. The van der Waals surface area contributed by atoms with Crippen LogP contribution >= 0.6 is 0 Å². The Bertz CT molecular complexity index is 976. The average molecular weight is 477 g/mol. The number of carbonyl (C=O) groups is 3. The lowest BCUT2D eigenvalue weighted by atomic mass is 10.2. The topological polar surface area (TPSA) is 135 Å². The molecule has 11 nitrogen and oxygen atoms in total. The first kappa shape index (κ1) is 26.0.